The predicted octanol–water partition coefficient (Wildman–Crippen LogP) is 7.03. The molecule has 3 rings (SSSR count). The topological polar surface area (TPSA) is 0 Å². The molecule has 0 spiro atoms. The Morgan fingerprint density at radius 3 is 2.30 bits per heavy atom. The summed E-state index contributed by atoms with van der Waals surface area (Å²) in [5.74, 6) is 1.90. The summed E-state index contributed by atoms with van der Waals surface area (Å²) in [5.41, 5.74) is 3.20. The molecule has 0 saturated heterocycles. The highest BCUT2D eigenvalue weighted by Gasteiger charge is 2.37. The van der Waals surface area contributed by atoms with Crippen LogP contribution in [0.5, 0.6) is 0 Å². The lowest BCUT2D eigenvalue weighted by Gasteiger charge is -2.43. The van der Waals surface area contributed by atoms with Crippen LogP contribution < -0.4 is 0 Å². The maximum Gasteiger partial charge on any atom is -0.00545 e. The van der Waals surface area contributed by atoms with Gasteiger partial charge >= 0.3 is 0 Å². The van der Waals surface area contributed by atoms with Gasteiger partial charge in [-0.2, -0.15) is 0 Å². The number of benzene rings is 1. The molecular weight excluding hydrogens is 276 g/mol. The van der Waals surface area contributed by atoms with E-state index in [4.69, 9.17) is 0 Å². The summed E-state index contributed by atoms with van der Waals surface area (Å²) in [4.78, 5) is 0. The van der Waals surface area contributed by atoms with E-state index in [-0.39, 0.29) is 0 Å². The standard InChI is InChI=1S/C23H32/c1-3-8-19-11-13-22(14-12-19)23(4-2)17-15-21(16-18-23)20-9-6-5-7-10-20/h5-7,9-10,15-17,19,22H,3-4,8,11-14,18H2,1-2H3. The molecule has 1 saturated carbocycles. The second-order valence-electron chi connectivity index (χ2n) is 7.66. The van der Waals surface area contributed by atoms with E-state index in [0.717, 1.165) is 11.8 Å². The van der Waals surface area contributed by atoms with E-state index in [1.807, 2.05) is 0 Å². The number of hydrogen-bond donors (Lipinski definition) is 0. The molecule has 2 aliphatic carbocycles. The molecular formula is C23H32. The van der Waals surface area contributed by atoms with Crippen LogP contribution in [0.4, 0.5) is 0 Å². The van der Waals surface area contributed by atoms with E-state index < -0.39 is 0 Å². The first-order valence-electron chi connectivity index (χ1n) is 9.72. The van der Waals surface area contributed by atoms with Gasteiger partial charge in [0.1, 0.15) is 0 Å². The van der Waals surface area contributed by atoms with Crippen molar-refractivity contribution in [3.05, 3.63) is 54.1 Å². The predicted molar refractivity (Wildman–Crippen MR) is 101 cm³/mol. The van der Waals surface area contributed by atoms with E-state index in [0.29, 0.717) is 5.41 Å². The summed E-state index contributed by atoms with van der Waals surface area (Å²) in [5, 5.41) is 0. The molecule has 0 radical (unpaired) electrons. The molecule has 1 atom stereocenters. The van der Waals surface area contributed by atoms with Crippen LogP contribution in [-0.4, -0.2) is 0 Å². The fraction of sp³-hybridized carbons (Fsp3) is 0.565. The molecule has 0 amide bonds. The normalized spacial score (nSPS) is 31.0. The Labute approximate surface area is 142 Å². The Hall–Kier alpha value is -1.30. The zero-order chi connectivity index (χ0) is 16.1. The summed E-state index contributed by atoms with van der Waals surface area (Å²) in [6.07, 6.45) is 18.6. The van der Waals surface area contributed by atoms with E-state index >= 15 is 0 Å². The molecule has 0 nitrogen and oxygen atoms in total. The smallest absolute Gasteiger partial charge is 0.00545 e. The maximum atomic E-state index is 2.57. The number of rotatable bonds is 5. The van der Waals surface area contributed by atoms with Gasteiger partial charge in [-0.1, -0.05) is 88.1 Å². The molecule has 0 bridgehead atoms. The van der Waals surface area contributed by atoms with Gasteiger partial charge in [0, 0.05) is 0 Å². The molecule has 0 aromatic heterocycles. The number of allylic oxidation sites excluding steroid dienone is 4. The lowest BCUT2D eigenvalue weighted by atomic mass is 9.62. The van der Waals surface area contributed by atoms with Crippen LogP contribution in [0.3, 0.4) is 0 Å². The van der Waals surface area contributed by atoms with E-state index in [1.165, 1.54) is 62.5 Å². The van der Waals surface area contributed by atoms with Gasteiger partial charge in [-0.25, -0.2) is 0 Å². The number of hydrogen-bond acceptors (Lipinski definition) is 0. The Morgan fingerprint density at radius 1 is 1.00 bits per heavy atom. The van der Waals surface area contributed by atoms with Gasteiger partial charge in [0.05, 0.1) is 0 Å². The van der Waals surface area contributed by atoms with Crippen molar-refractivity contribution in [1.82, 2.24) is 0 Å². The SMILES string of the molecule is CCCC1CCC(C2(CC)C=CC(c3ccccc3)=CC2)CC1. The van der Waals surface area contributed by atoms with Gasteiger partial charge in [0.2, 0.25) is 0 Å². The van der Waals surface area contributed by atoms with Crippen molar-refractivity contribution in [2.75, 3.05) is 0 Å². The van der Waals surface area contributed by atoms with Crippen molar-refractivity contribution in [3.8, 4) is 0 Å². The average molecular weight is 309 g/mol. The van der Waals surface area contributed by atoms with E-state index in [1.54, 1.807) is 0 Å². The molecule has 0 N–H and O–H groups in total. The van der Waals surface area contributed by atoms with Crippen molar-refractivity contribution in [3.63, 3.8) is 0 Å². The highest BCUT2D eigenvalue weighted by atomic mass is 14.4. The molecule has 0 heteroatoms. The zero-order valence-electron chi connectivity index (χ0n) is 14.9. The van der Waals surface area contributed by atoms with Gasteiger partial charge < -0.3 is 0 Å². The van der Waals surface area contributed by atoms with E-state index in [9.17, 15) is 0 Å². The third kappa shape index (κ3) is 3.62. The average Bonchev–Trinajstić information content (AvgIpc) is 2.63. The second kappa shape index (κ2) is 7.51. The Balaban J connectivity index is 1.68. The minimum absolute atomic E-state index is 0.426. The lowest BCUT2D eigenvalue weighted by Crippen LogP contribution is -2.32. The minimum Gasteiger partial charge on any atom is -0.0771 e. The summed E-state index contributed by atoms with van der Waals surface area (Å²) in [7, 11) is 0. The first kappa shape index (κ1) is 16.6. The van der Waals surface area contributed by atoms with Crippen LogP contribution in [0, 0.1) is 17.3 Å². The van der Waals surface area contributed by atoms with Crippen molar-refractivity contribution in [2.24, 2.45) is 17.3 Å². The van der Waals surface area contributed by atoms with Crippen LogP contribution >= 0.6 is 0 Å². The largest absolute Gasteiger partial charge is 0.0771 e. The molecule has 124 valence electrons. The summed E-state index contributed by atoms with van der Waals surface area (Å²) >= 11 is 0. The Morgan fingerprint density at radius 2 is 1.74 bits per heavy atom. The summed E-state index contributed by atoms with van der Waals surface area (Å²) in [6, 6.07) is 10.8. The summed E-state index contributed by atoms with van der Waals surface area (Å²) < 4.78 is 0. The van der Waals surface area contributed by atoms with Crippen LogP contribution in [0.2, 0.25) is 0 Å². The van der Waals surface area contributed by atoms with Crippen LogP contribution in [-0.2, 0) is 0 Å². The minimum atomic E-state index is 0.426. The lowest BCUT2D eigenvalue weighted by molar-refractivity contribution is 0.135. The van der Waals surface area contributed by atoms with Gasteiger partial charge in [0.15, 0.2) is 0 Å². The fourth-order valence-electron chi connectivity index (χ4n) is 4.82. The third-order valence-electron chi connectivity index (χ3n) is 6.42. The Bertz CT molecular complexity index is 543. The third-order valence-corrected chi connectivity index (χ3v) is 6.42. The fourth-order valence-corrected chi connectivity index (χ4v) is 4.82. The highest BCUT2D eigenvalue weighted by molar-refractivity contribution is 5.75. The second-order valence-corrected chi connectivity index (χ2v) is 7.66. The quantitative estimate of drug-likeness (QED) is 0.547. The molecule has 2 aliphatic rings. The van der Waals surface area contributed by atoms with E-state index in [2.05, 4.69) is 62.4 Å². The van der Waals surface area contributed by atoms with Gasteiger partial charge in [-0.3, -0.25) is 0 Å². The first-order valence-corrected chi connectivity index (χ1v) is 9.72. The van der Waals surface area contributed by atoms with Crippen LogP contribution in [0.25, 0.3) is 5.57 Å². The van der Waals surface area contributed by atoms with Crippen LogP contribution in [0.15, 0.2) is 48.6 Å². The van der Waals surface area contributed by atoms with Crippen molar-refractivity contribution in [2.45, 2.75) is 65.2 Å². The molecule has 1 fully saturated rings. The van der Waals surface area contributed by atoms with Crippen LogP contribution in [0.1, 0.15) is 70.8 Å². The first-order chi connectivity index (χ1) is 11.3. The van der Waals surface area contributed by atoms with Crippen molar-refractivity contribution in [1.29, 1.82) is 0 Å². The van der Waals surface area contributed by atoms with Gasteiger partial charge in [0.25, 0.3) is 0 Å². The molecule has 0 heterocycles. The molecule has 0 aliphatic heterocycles. The maximum absolute atomic E-state index is 2.57. The molecule has 1 aromatic rings. The van der Waals surface area contributed by atoms with Gasteiger partial charge in [-0.15, -0.1) is 0 Å². The molecule has 23 heavy (non-hydrogen) atoms. The van der Waals surface area contributed by atoms with Gasteiger partial charge in [-0.05, 0) is 54.1 Å². The summed E-state index contributed by atoms with van der Waals surface area (Å²) in [6.45, 7) is 4.73. The monoisotopic (exact) mass is 308 g/mol. The molecule has 1 aromatic carbocycles. The zero-order valence-corrected chi connectivity index (χ0v) is 14.9. The van der Waals surface area contributed by atoms with Crippen molar-refractivity contribution >= 4 is 5.57 Å². The molecule has 1 unspecified atom stereocenters. The van der Waals surface area contributed by atoms with Crippen molar-refractivity contribution < 1.29 is 0 Å². The Kier molecular flexibility index (Phi) is 5.41. The highest BCUT2D eigenvalue weighted by Crippen LogP contribution is 2.49.